The van der Waals surface area contributed by atoms with E-state index < -0.39 is 0 Å². The van der Waals surface area contributed by atoms with Gasteiger partial charge in [-0.2, -0.15) is 0 Å². The fourth-order valence-corrected chi connectivity index (χ4v) is 3.17. The molecule has 0 aromatic heterocycles. The zero-order valence-electron chi connectivity index (χ0n) is 12.3. The van der Waals surface area contributed by atoms with Crippen LogP contribution >= 0.6 is 15.9 Å². The first-order chi connectivity index (χ1) is 9.58. The summed E-state index contributed by atoms with van der Waals surface area (Å²) in [4.78, 5) is 2.42. The van der Waals surface area contributed by atoms with E-state index in [4.69, 9.17) is 0 Å². The summed E-state index contributed by atoms with van der Waals surface area (Å²) in [6, 6.07) is 5.49. The number of benzene rings is 1. The van der Waals surface area contributed by atoms with Crippen molar-refractivity contribution < 1.29 is 4.39 Å². The fraction of sp³-hybridized carbons (Fsp3) is 0.625. The van der Waals surface area contributed by atoms with E-state index in [-0.39, 0.29) is 11.9 Å². The number of hydrogen-bond donors (Lipinski definition) is 1. The molecule has 1 aliphatic rings. The minimum atomic E-state index is -0.0829. The molecule has 0 unspecified atom stereocenters. The molecule has 0 saturated carbocycles. The van der Waals surface area contributed by atoms with Gasteiger partial charge in [-0.3, -0.25) is 4.90 Å². The van der Waals surface area contributed by atoms with Crippen LogP contribution in [0, 0.1) is 11.7 Å². The SMILES string of the molecule is CC(C)CC[C@@H](c1cc(Br)ccc1F)N1CCNCC1. The minimum Gasteiger partial charge on any atom is -0.314 e. The van der Waals surface area contributed by atoms with Crippen LogP contribution in [0.2, 0.25) is 0 Å². The third kappa shape index (κ3) is 4.27. The van der Waals surface area contributed by atoms with Gasteiger partial charge in [0.15, 0.2) is 0 Å². The van der Waals surface area contributed by atoms with Gasteiger partial charge in [0.05, 0.1) is 0 Å². The van der Waals surface area contributed by atoms with Crippen LogP contribution in [-0.2, 0) is 0 Å². The summed E-state index contributed by atoms with van der Waals surface area (Å²) < 4.78 is 15.2. The lowest BCUT2D eigenvalue weighted by atomic mass is 9.95. The van der Waals surface area contributed by atoms with Crippen molar-refractivity contribution in [2.75, 3.05) is 26.2 Å². The highest BCUT2D eigenvalue weighted by Gasteiger charge is 2.24. The van der Waals surface area contributed by atoms with Gasteiger partial charge < -0.3 is 5.32 Å². The quantitative estimate of drug-likeness (QED) is 0.870. The third-order valence-corrected chi connectivity index (χ3v) is 4.42. The Labute approximate surface area is 129 Å². The minimum absolute atomic E-state index is 0.0829. The molecular formula is C16H24BrFN2. The fourth-order valence-electron chi connectivity index (χ4n) is 2.79. The second kappa shape index (κ2) is 7.53. The monoisotopic (exact) mass is 342 g/mol. The molecule has 1 atom stereocenters. The number of rotatable bonds is 5. The first kappa shape index (κ1) is 15.9. The Kier molecular flexibility index (Phi) is 6.00. The van der Waals surface area contributed by atoms with Crippen molar-refractivity contribution in [3.8, 4) is 0 Å². The van der Waals surface area contributed by atoms with Gasteiger partial charge in [0.25, 0.3) is 0 Å². The first-order valence-corrected chi connectivity index (χ1v) is 8.27. The maximum atomic E-state index is 14.2. The van der Waals surface area contributed by atoms with Crippen LogP contribution in [-0.4, -0.2) is 31.1 Å². The molecule has 0 radical (unpaired) electrons. The molecule has 0 bridgehead atoms. The highest BCUT2D eigenvalue weighted by atomic mass is 79.9. The molecule has 4 heteroatoms. The molecule has 0 aliphatic carbocycles. The first-order valence-electron chi connectivity index (χ1n) is 7.47. The molecule has 1 N–H and O–H groups in total. The van der Waals surface area contributed by atoms with Crippen LogP contribution in [0.1, 0.15) is 38.3 Å². The number of piperazine rings is 1. The van der Waals surface area contributed by atoms with E-state index in [0.29, 0.717) is 5.92 Å². The Balaban J connectivity index is 2.21. The molecule has 2 rings (SSSR count). The molecule has 1 aromatic carbocycles. The Morgan fingerprint density at radius 2 is 1.95 bits per heavy atom. The summed E-state index contributed by atoms with van der Waals surface area (Å²) in [5, 5.41) is 3.37. The molecule has 2 nitrogen and oxygen atoms in total. The summed E-state index contributed by atoms with van der Waals surface area (Å²) >= 11 is 3.47. The lowest BCUT2D eigenvalue weighted by molar-refractivity contribution is 0.156. The van der Waals surface area contributed by atoms with E-state index in [1.165, 1.54) is 0 Å². The molecule has 1 heterocycles. The van der Waals surface area contributed by atoms with Gasteiger partial charge in [-0.15, -0.1) is 0 Å². The normalized spacial score (nSPS) is 18.4. The zero-order chi connectivity index (χ0) is 14.5. The predicted octanol–water partition coefficient (Wildman–Crippen LogP) is 3.97. The van der Waals surface area contributed by atoms with Crippen molar-refractivity contribution in [1.82, 2.24) is 10.2 Å². The van der Waals surface area contributed by atoms with E-state index >= 15 is 0 Å². The van der Waals surface area contributed by atoms with Crippen molar-refractivity contribution in [2.24, 2.45) is 5.92 Å². The van der Waals surface area contributed by atoms with E-state index in [1.807, 2.05) is 6.07 Å². The largest absolute Gasteiger partial charge is 0.314 e. The summed E-state index contributed by atoms with van der Waals surface area (Å²) in [5.74, 6) is 0.566. The zero-order valence-corrected chi connectivity index (χ0v) is 13.9. The maximum absolute atomic E-state index is 14.2. The molecule has 1 aliphatic heterocycles. The summed E-state index contributed by atoms with van der Waals surface area (Å²) in [7, 11) is 0. The molecule has 0 spiro atoms. The molecule has 1 aromatic rings. The number of halogens is 2. The third-order valence-electron chi connectivity index (χ3n) is 3.93. The van der Waals surface area contributed by atoms with E-state index in [0.717, 1.165) is 49.1 Å². The molecule has 1 fully saturated rings. The molecule has 1 saturated heterocycles. The summed E-state index contributed by atoms with van der Waals surface area (Å²) in [6.07, 6.45) is 2.14. The number of nitrogens with one attached hydrogen (secondary N) is 1. The van der Waals surface area contributed by atoms with E-state index in [1.54, 1.807) is 12.1 Å². The molecular weight excluding hydrogens is 319 g/mol. The molecule has 0 amide bonds. The van der Waals surface area contributed by atoms with E-state index in [2.05, 4.69) is 40.0 Å². The van der Waals surface area contributed by atoms with Crippen LogP contribution < -0.4 is 5.32 Å². The lowest BCUT2D eigenvalue weighted by Gasteiger charge is -2.36. The average Bonchev–Trinajstić information content (AvgIpc) is 2.43. The van der Waals surface area contributed by atoms with Crippen LogP contribution in [0.4, 0.5) is 4.39 Å². The standard InChI is InChI=1S/C16H24BrFN2/c1-12(2)3-6-16(20-9-7-19-8-10-20)14-11-13(17)4-5-15(14)18/h4-5,11-12,16,19H,3,6-10H2,1-2H3/t16-/m0/s1. The van der Waals surface area contributed by atoms with Crippen LogP contribution in [0.15, 0.2) is 22.7 Å². The van der Waals surface area contributed by atoms with Crippen molar-refractivity contribution in [2.45, 2.75) is 32.7 Å². The smallest absolute Gasteiger partial charge is 0.128 e. The van der Waals surface area contributed by atoms with Gasteiger partial charge in [0.1, 0.15) is 5.82 Å². The predicted molar refractivity (Wildman–Crippen MR) is 85.4 cm³/mol. The van der Waals surface area contributed by atoms with Gasteiger partial charge in [0, 0.05) is 42.3 Å². The average molecular weight is 343 g/mol. The number of nitrogens with zero attached hydrogens (tertiary/aromatic N) is 1. The number of hydrogen-bond acceptors (Lipinski definition) is 2. The maximum Gasteiger partial charge on any atom is 0.128 e. The summed E-state index contributed by atoms with van der Waals surface area (Å²) in [6.45, 7) is 8.43. The highest BCUT2D eigenvalue weighted by molar-refractivity contribution is 9.10. The van der Waals surface area contributed by atoms with Crippen LogP contribution in [0.5, 0.6) is 0 Å². The van der Waals surface area contributed by atoms with Gasteiger partial charge in [-0.05, 0) is 37.0 Å². The molecule has 20 heavy (non-hydrogen) atoms. The van der Waals surface area contributed by atoms with Crippen LogP contribution in [0.25, 0.3) is 0 Å². The Morgan fingerprint density at radius 3 is 2.60 bits per heavy atom. The van der Waals surface area contributed by atoms with Gasteiger partial charge in [-0.25, -0.2) is 4.39 Å². The Hall–Kier alpha value is -0.450. The topological polar surface area (TPSA) is 15.3 Å². The Bertz CT molecular complexity index is 430. The second-order valence-electron chi connectivity index (χ2n) is 5.94. The van der Waals surface area contributed by atoms with Gasteiger partial charge in [-0.1, -0.05) is 29.8 Å². The molecule has 112 valence electrons. The summed E-state index contributed by atoms with van der Waals surface area (Å²) in [5.41, 5.74) is 0.835. The second-order valence-corrected chi connectivity index (χ2v) is 6.85. The van der Waals surface area contributed by atoms with Gasteiger partial charge in [0.2, 0.25) is 0 Å². The lowest BCUT2D eigenvalue weighted by Crippen LogP contribution is -2.45. The Morgan fingerprint density at radius 1 is 1.25 bits per heavy atom. The van der Waals surface area contributed by atoms with Crippen molar-refractivity contribution in [1.29, 1.82) is 0 Å². The van der Waals surface area contributed by atoms with Crippen molar-refractivity contribution in [3.05, 3.63) is 34.1 Å². The van der Waals surface area contributed by atoms with Gasteiger partial charge >= 0.3 is 0 Å². The van der Waals surface area contributed by atoms with Crippen molar-refractivity contribution in [3.63, 3.8) is 0 Å². The highest BCUT2D eigenvalue weighted by Crippen LogP contribution is 2.31. The van der Waals surface area contributed by atoms with Crippen LogP contribution in [0.3, 0.4) is 0 Å². The van der Waals surface area contributed by atoms with Crippen molar-refractivity contribution >= 4 is 15.9 Å². The van der Waals surface area contributed by atoms with E-state index in [9.17, 15) is 4.39 Å².